The highest BCUT2D eigenvalue weighted by Crippen LogP contribution is 2.37. The van der Waals surface area contributed by atoms with Gasteiger partial charge in [-0.05, 0) is 38.5 Å². The van der Waals surface area contributed by atoms with E-state index in [1.165, 1.54) is 19.3 Å². The predicted octanol–water partition coefficient (Wildman–Crippen LogP) is 2.25. The van der Waals surface area contributed by atoms with E-state index in [1.807, 2.05) is 0 Å². The summed E-state index contributed by atoms with van der Waals surface area (Å²) in [5, 5.41) is 0. The van der Waals surface area contributed by atoms with Gasteiger partial charge in [-0.15, -0.1) is 0 Å². The number of hydrogen-bond donors (Lipinski definition) is 0. The Morgan fingerprint density at radius 2 is 2.18 bits per heavy atom. The van der Waals surface area contributed by atoms with Gasteiger partial charge in [-0.2, -0.15) is 0 Å². The molecule has 3 nitrogen and oxygen atoms in total. The molecule has 0 aliphatic heterocycles. The van der Waals surface area contributed by atoms with Crippen LogP contribution in [0.3, 0.4) is 0 Å². The lowest BCUT2D eigenvalue weighted by atomic mass is 9.91. The number of rotatable bonds is 6. The monoisotopic (exact) mass is 239 g/mol. The molecule has 2 aliphatic rings. The fourth-order valence-electron chi connectivity index (χ4n) is 3.05. The summed E-state index contributed by atoms with van der Waals surface area (Å²) in [6.07, 6.45) is 6.56. The molecule has 2 atom stereocenters. The first-order valence-corrected chi connectivity index (χ1v) is 6.98. The molecule has 0 heterocycles. The van der Waals surface area contributed by atoms with Gasteiger partial charge in [0.1, 0.15) is 5.78 Å². The minimum Gasteiger partial charge on any atom is -0.383 e. The van der Waals surface area contributed by atoms with E-state index >= 15 is 0 Å². The number of carbonyl (C=O) groups is 1. The summed E-state index contributed by atoms with van der Waals surface area (Å²) >= 11 is 0. The van der Waals surface area contributed by atoms with E-state index in [9.17, 15) is 4.79 Å². The predicted molar refractivity (Wildman–Crippen MR) is 68.0 cm³/mol. The van der Waals surface area contributed by atoms with Crippen LogP contribution >= 0.6 is 0 Å². The molecule has 0 aromatic carbocycles. The van der Waals surface area contributed by atoms with Crippen LogP contribution in [0.5, 0.6) is 0 Å². The van der Waals surface area contributed by atoms with Gasteiger partial charge in [0, 0.05) is 38.6 Å². The highest BCUT2D eigenvalue weighted by atomic mass is 16.5. The highest BCUT2D eigenvalue weighted by Gasteiger charge is 2.36. The van der Waals surface area contributed by atoms with Gasteiger partial charge in [0.05, 0.1) is 6.61 Å². The van der Waals surface area contributed by atoms with Gasteiger partial charge in [-0.1, -0.05) is 0 Å². The Bertz CT molecular complexity index is 263. The number of nitrogens with zero attached hydrogens (tertiary/aromatic N) is 1. The van der Waals surface area contributed by atoms with Gasteiger partial charge in [0.15, 0.2) is 0 Å². The van der Waals surface area contributed by atoms with Crippen molar-refractivity contribution in [3.8, 4) is 0 Å². The van der Waals surface area contributed by atoms with E-state index in [-0.39, 0.29) is 0 Å². The van der Waals surface area contributed by atoms with E-state index in [1.54, 1.807) is 7.11 Å². The maximum absolute atomic E-state index is 11.6. The zero-order valence-electron chi connectivity index (χ0n) is 11.2. The molecule has 0 aromatic heterocycles. The number of methoxy groups -OCH3 is 1. The Kier molecular flexibility index (Phi) is 4.57. The lowest BCUT2D eigenvalue weighted by Gasteiger charge is -2.38. The molecule has 0 amide bonds. The maximum Gasteiger partial charge on any atom is 0.134 e. The lowest BCUT2D eigenvalue weighted by Crippen LogP contribution is -2.46. The van der Waals surface area contributed by atoms with Gasteiger partial charge >= 0.3 is 0 Å². The molecule has 2 fully saturated rings. The minimum atomic E-state index is 0.451. The third-order valence-electron chi connectivity index (χ3n) is 4.31. The fraction of sp³-hybridized carbons (Fsp3) is 0.929. The Labute approximate surface area is 105 Å². The van der Waals surface area contributed by atoms with Crippen LogP contribution in [-0.4, -0.2) is 43.0 Å². The number of Topliss-reactive ketones (excluding diaryl/α,β-unsaturated/α-hetero) is 1. The van der Waals surface area contributed by atoms with Crippen LogP contribution in [0.15, 0.2) is 0 Å². The number of carbonyl (C=O) groups excluding carboxylic acids is 1. The van der Waals surface area contributed by atoms with E-state index in [0.717, 1.165) is 38.3 Å². The van der Waals surface area contributed by atoms with Crippen LogP contribution in [0.2, 0.25) is 0 Å². The zero-order valence-corrected chi connectivity index (χ0v) is 11.2. The highest BCUT2D eigenvalue weighted by molar-refractivity contribution is 5.79. The number of ether oxygens (including phenoxy) is 1. The van der Waals surface area contributed by atoms with Crippen LogP contribution in [-0.2, 0) is 9.53 Å². The van der Waals surface area contributed by atoms with Gasteiger partial charge in [0.2, 0.25) is 0 Å². The fourth-order valence-corrected chi connectivity index (χ4v) is 3.05. The van der Waals surface area contributed by atoms with Crippen molar-refractivity contribution in [1.82, 2.24) is 4.90 Å². The summed E-state index contributed by atoms with van der Waals surface area (Å²) in [6.45, 7) is 4.08. The molecular formula is C14H25NO2. The van der Waals surface area contributed by atoms with Crippen LogP contribution in [0.4, 0.5) is 0 Å². The molecule has 0 N–H and O–H groups in total. The van der Waals surface area contributed by atoms with Crippen molar-refractivity contribution in [2.45, 2.75) is 57.5 Å². The summed E-state index contributed by atoms with van der Waals surface area (Å²) in [7, 11) is 1.76. The Hall–Kier alpha value is -0.410. The van der Waals surface area contributed by atoms with Crippen LogP contribution in [0.1, 0.15) is 45.4 Å². The Morgan fingerprint density at radius 1 is 1.41 bits per heavy atom. The first-order chi connectivity index (χ1) is 8.22. The Morgan fingerprint density at radius 3 is 2.76 bits per heavy atom. The SMILES string of the molecule is COCCN(C1CCCC(=O)C1)C(C)C1CC1. The van der Waals surface area contributed by atoms with Gasteiger partial charge < -0.3 is 4.74 Å². The lowest BCUT2D eigenvalue weighted by molar-refractivity contribution is -0.122. The molecule has 3 heteroatoms. The Balaban J connectivity index is 1.94. The molecular weight excluding hydrogens is 214 g/mol. The topological polar surface area (TPSA) is 29.5 Å². The van der Waals surface area contributed by atoms with Crippen molar-refractivity contribution >= 4 is 5.78 Å². The molecule has 2 saturated carbocycles. The summed E-state index contributed by atoms with van der Waals surface area (Å²) < 4.78 is 5.21. The normalized spacial score (nSPS) is 27.5. The van der Waals surface area contributed by atoms with Gasteiger partial charge in [0.25, 0.3) is 0 Å². The van der Waals surface area contributed by atoms with Crippen molar-refractivity contribution in [3.63, 3.8) is 0 Å². The molecule has 2 aliphatic carbocycles. The van der Waals surface area contributed by atoms with Crippen molar-refractivity contribution in [2.75, 3.05) is 20.3 Å². The van der Waals surface area contributed by atoms with Crippen molar-refractivity contribution in [1.29, 1.82) is 0 Å². The van der Waals surface area contributed by atoms with E-state index in [4.69, 9.17) is 4.74 Å². The third-order valence-corrected chi connectivity index (χ3v) is 4.31. The van der Waals surface area contributed by atoms with E-state index in [0.29, 0.717) is 17.9 Å². The minimum absolute atomic E-state index is 0.451. The van der Waals surface area contributed by atoms with Crippen molar-refractivity contribution in [3.05, 3.63) is 0 Å². The van der Waals surface area contributed by atoms with Crippen molar-refractivity contribution < 1.29 is 9.53 Å². The second-order valence-corrected chi connectivity index (χ2v) is 5.60. The largest absolute Gasteiger partial charge is 0.383 e. The molecule has 0 saturated heterocycles. The molecule has 0 aromatic rings. The smallest absolute Gasteiger partial charge is 0.134 e. The second-order valence-electron chi connectivity index (χ2n) is 5.60. The quantitative estimate of drug-likeness (QED) is 0.712. The third kappa shape index (κ3) is 3.52. The molecule has 0 bridgehead atoms. The van der Waals surface area contributed by atoms with Gasteiger partial charge in [-0.3, -0.25) is 9.69 Å². The molecule has 2 unspecified atom stereocenters. The molecule has 0 radical (unpaired) electrons. The van der Waals surface area contributed by atoms with Crippen LogP contribution in [0.25, 0.3) is 0 Å². The van der Waals surface area contributed by atoms with Crippen LogP contribution in [0, 0.1) is 5.92 Å². The maximum atomic E-state index is 11.6. The van der Waals surface area contributed by atoms with Crippen LogP contribution < -0.4 is 0 Å². The summed E-state index contributed by atoms with van der Waals surface area (Å²) in [4.78, 5) is 14.1. The first-order valence-electron chi connectivity index (χ1n) is 6.98. The molecule has 0 spiro atoms. The molecule has 98 valence electrons. The molecule has 17 heavy (non-hydrogen) atoms. The summed E-state index contributed by atoms with van der Waals surface area (Å²) in [6, 6.07) is 1.10. The number of ketones is 1. The number of hydrogen-bond acceptors (Lipinski definition) is 3. The summed E-state index contributed by atoms with van der Waals surface area (Å²) in [5.74, 6) is 1.32. The zero-order chi connectivity index (χ0) is 12.3. The van der Waals surface area contributed by atoms with Crippen molar-refractivity contribution in [2.24, 2.45) is 5.92 Å². The second kappa shape index (κ2) is 5.96. The first kappa shape index (κ1) is 13.0. The van der Waals surface area contributed by atoms with Gasteiger partial charge in [-0.25, -0.2) is 0 Å². The van der Waals surface area contributed by atoms with E-state index < -0.39 is 0 Å². The molecule has 2 rings (SSSR count). The summed E-state index contributed by atoms with van der Waals surface area (Å²) in [5.41, 5.74) is 0. The van der Waals surface area contributed by atoms with E-state index in [2.05, 4.69) is 11.8 Å². The average Bonchev–Trinajstić information content (AvgIpc) is 3.13. The average molecular weight is 239 g/mol. The standard InChI is InChI=1S/C14H25NO2/c1-11(12-6-7-12)15(8-9-17-2)13-4-3-5-14(16)10-13/h11-13H,3-10H2,1-2H3.